The third-order valence-corrected chi connectivity index (χ3v) is 6.56. The van der Waals surface area contributed by atoms with E-state index >= 15 is 0 Å². The van der Waals surface area contributed by atoms with Crippen molar-refractivity contribution in [2.24, 2.45) is 0 Å². The van der Waals surface area contributed by atoms with Crippen LogP contribution in [-0.4, -0.2) is 63.3 Å². The van der Waals surface area contributed by atoms with Gasteiger partial charge in [0.25, 0.3) is 5.91 Å². The first-order chi connectivity index (χ1) is 12.9. The van der Waals surface area contributed by atoms with Gasteiger partial charge in [-0.2, -0.15) is 0 Å². The molecule has 0 radical (unpaired) electrons. The maximum Gasteiger partial charge on any atom is 0.267 e. The number of morpholine rings is 1. The molecule has 1 aliphatic heterocycles. The average molecular weight is 431 g/mol. The average Bonchev–Trinajstić information content (AvgIpc) is 3.24. The second kappa shape index (κ2) is 9.22. The van der Waals surface area contributed by atoms with Gasteiger partial charge in [-0.15, -0.1) is 22.7 Å². The summed E-state index contributed by atoms with van der Waals surface area (Å²) in [6.07, 6.45) is 1.67. The van der Waals surface area contributed by atoms with Crippen molar-refractivity contribution in [3.63, 3.8) is 0 Å². The van der Waals surface area contributed by atoms with Gasteiger partial charge in [0, 0.05) is 36.4 Å². The van der Waals surface area contributed by atoms with E-state index in [2.05, 4.69) is 19.9 Å². The Kier molecular flexibility index (Phi) is 6.95. The number of thiazole rings is 1. The summed E-state index contributed by atoms with van der Waals surface area (Å²) in [7, 11) is -3.19. The normalized spacial score (nSPS) is 15.7. The van der Waals surface area contributed by atoms with Gasteiger partial charge >= 0.3 is 0 Å². The number of anilines is 1. The van der Waals surface area contributed by atoms with E-state index in [0.717, 1.165) is 49.7 Å². The molecule has 148 valence electrons. The number of nitrogens with zero attached hydrogens (tertiary/aromatic N) is 2. The summed E-state index contributed by atoms with van der Waals surface area (Å²) >= 11 is 2.77. The summed E-state index contributed by atoms with van der Waals surface area (Å²) in [6, 6.07) is 3.59. The lowest BCUT2D eigenvalue weighted by atomic mass is 10.3. The van der Waals surface area contributed by atoms with Gasteiger partial charge in [0.05, 0.1) is 30.0 Å². The fraction of sp³-hybridized carbons (Fsp3) is 0.500. The van der Waals surface area contributed by atoms with Crippen molar-refractivity contribution >= 4 is 43.7 Å². The Morgan fingerprint density at radius 1 is 1.33 bits per heavy atom. The van der Waals surface area contributed by atoms with Crippen LogP contribution in [0.3, 0.4) is 0 Å². The van der Waals surface area contributed by atoms with E-state index in [9.17, 15) is 13.2 Å². The zero-order chi connectivity index (χ0) is 19.3. The lowest BCUT2D eigenvalue weighted by molar-refractivity contribution is 0.0337. The standard InChI is InChI=1S/C16H22N4O4S3/c1-27(22,23)17-5-4-13-2-3-14(26-13)15(21)19-16-18-12(11-25-16)10-20-6-8-24-9-7-20/h2-3,11,17H,4-10H2,1H3,(H,18,19,21). The molecule has 1 amide bonds. The van der Waals surface area contributed by atoms with Crippen LogP contribution in [0.15, 0.2) is 17.5 Å². The molecule has 3 rings (SSSR count). The van der Waals surface area contributed by atoms with Crippen molar-refractivity contribution in [3.05, 3.63) is 33.0 Å². The number of rotatable bonds is 8. The number of hydrogen-bond acceptors (Lipinski definition) is 8. The SMILES string of the molecule is CS(=O)(=O)NCCc1ccc(C(=O)Nc2nc(CN3CCOCC3)cs2)s1. The molecule has 2 N–H and O–H groups in total. The molecule has 1 saturated heterocycles. The van der Waals surface area contributed by atoms with Crippen molar-refractivity contribution in [1.82, 2.24) is 14.6 Å². The van der Waals surface area contributed by atoms with Crippen LogP contribution in [-0.2, 0) is 27.7 Å². The summed E-state index contributed by atoms with van der Waals surface area (Å²) in [5.74, 6) is -0.199. The summed E-state index contributed by atoms with van der Waals surface area (Å²) in [5.41, 5.74) is 0.941. The quantitative estimate of drug-likeness (QED) is 0.656. The van der Waals surface area contributed by atoms with Gasteiger partial charge < -0.3 is 4.74 Å². The van der Waals surface area contributed by atoms with Gasteiger partial charge in [0.1, 0.15) is 0 Å². The molecule has 0 atom stereocenters. The van der Waals surface area contributed by atoms with Crippen molar-refractivity contribution in [1.29, 1.82) is 0 Å². The number of ether oxygens (including phenoxy) is 1. The molecule has 0 saturated carbocycles. The molecule has 1 aliphatic rings. The molecule has 3 heterocycles. The summed E-state index contributed by atoms with van der Waals surface area (Å²) in [6.45, 7) is 4.35. The number of carbonyl (C=O) groups excluding carboxylic acids is 1. The summed E-state index contributed by atoms with van der Waals surface area (Å²) in [4.78, 5) is 20.7. The Balaban J connectivity index is 1.50. The highest BCUT2D eigenvalue weighted by Crippen LogP contribution is 2.21. The third-order valence-electron chi connectivity index (χ3n) is 3.88. The molecule has 1 fully saturated rings. The molecule has 0 bridgehead atoms. The summed E-state index contributed by atoms with van der Waals surface area (Å²) < 4.78 is 29.9. The number of carbonyl (C=O) groups is 1. The van der Waals surface area contributed by atoms with Gasteiger partial charge in [-0.25, -0.2) is 18.1 Å². The van der Waals surface area contributed by atoms with Gasteiger partial charge in [0.2, 0.25) is 10.0 Å². The van der Waals surface area contributed by atoms with Crippen LogP contribution >= 0.6 is 22.7 Å². The third kappa shape index (κ3) is 6.63. The minimum atomic E-state index is -3.19. The smallest absolute Gasteiger partial charge is 0.267 e. The zero-order valence-corrected chi connectivity index (χ0v) is 17.4. The Hall–Kier alpha value is -1.37. The zero-order valence-electron chi connectivity index (χ0n) is 14.9. The molecular formula is C16H22N4O4S3. The topological polar surface area (TPSA) is 101 Å². The lowest BCUT2D eigenvalue weighted by Gasteiger charge is -2.25. The predicted molar refractivity (Wildman–Crippen MR) is 107 cm³/mol. The predicted octanol–water partition coefficient (Wildman–Crippen LogP) is 1.38. The summed E-state index contributed by atoms with van der Waals surface area (Å²) in [5, 5.41) is 5.37. The van der Waals surface area contributed by atoms with E-state index in [1.165, 1.54) is 22.7 Å². The highest BCUT2D eigenvalue weighted by molar-refractivity contribution is 7.88. The highest BCUT2D eigenvalue weighted by Gasteiger charge is 2.15. The van der Waals surface area contributed by atoms with Gasteiger partial charge in [0.15, 0.2) is 5.13 Å². The molecule has 11 heteroatoms. The van der Waals surface area contributed by atoms with E-state index in [1.807, 2.05) is 11.4 Å². The van der Waals surface area contributed by atoms with E-state index in [0.29, 0.717) is 23.0 Å². The molecule has 2 aromatic heterocycles. The maximum absolute atomic E-state index is 12.4. The molecule has 0 aromatic carbocycles. The van der Waals surface area contributed by atoms with Gasteiger partial charge in [-0.3, -0.25) is 15.0 Å². The lowest BCUT2D eigenvalue weighted by Crippen LogP contribution is -2.35. The highest BCUT2D eigenvalue weighted by atomic mass is 32.2. The van der Waals surface area contributed by atoms with Crippen molar-refractivity contribution in [3.8, 4) is 0 Å². The number of aromatic nitrogens is 1. The van der Waals surface area contributed by atoms with Crippen LogP contribution in [0.4, 0.5) is 5.13 Å². The van der Waals surface area contributed by atoms with E-state index < -0.39 is 10.0 Å². The first-order valence-corrected chi connectivity index (χ1v) is 12.1. The fourth-order valence-corrected chi connectivity index (χ4v) is 4.65. The number of thiophene rings is 1. The minimum absolute atomic E-state index is 0.199. The maximum atomic E-state index is 12.4. The van der Waals surface area contributed by atoms with E-state index in [4.69, 9.17) is 4.74 Å². The van der Waals surface area contributed by atoms with Crippen LogP contribution in [0, 0.1) is 0 Å². The van der Waals surface area contributed by atoms with Crippen LogP contribution in [0.1, 0.15) is 20.2 Å². The number of hydrogen-bond donors (Lipinski definition) is 2. The molecular weight excluding hydrogens is 408 g/mol. The first kappa shape index (κ1) is 20.4. The number of sulfonamides is 1. The van der Waals surface area contributed by atoms with Crippen LogP contribution in [0.2, 0.25) is 0 Å². The number of nitrogens with one attached hydrogen (secondary N) is 2. The Labute approximate surface area is 166 Å². The van der Waals surface area contributed by atoms with Crippen LogP contribution in [0.25, 0.3) is 0 Å². The van der Waals surface area contributed by atoms with Crippen molar-refractivity contribution in [2.45, 2.75) is 13.0 Å². The van der Waals surface area contributed by atoms with E-state index in [-0.39, 0.29) is 5.91 Å². The fourth-order valence-electron chi connectivity index (χ4n) is 2.58. The second-order valence-electron chi connectivity index (χ2n) is 6.17. The molecule has 0 spiro atoms. The Bertz CT molecular complexity index is 872. The van der Waals surface area contributed by atoms with Crippen LogP contribution < -0.4 is 10.0 Å². The van der Waals surface area contributed by atoms with Gasteiger partial charge in [-0.05, 0) is 18.6 Å². The van der Waals surface area contributed by atoms with Crippen molar-refractivity contribution in [2.75, 3.05) is 44.4 Å². The second-order valence-corrected chi connectivity index (χ2v) is 10.0. The minimum Gasteiger partial charge on any atom is -0.379 e. The molecule has 8 nitrogen and oxygen atoms in total. The first-order valence-electron chi connectivity index (χ1n) is 8.48. The van der Waals surface area contributed by atoms with Crippen molar-refractivity contribution < 1.29 is 17.9 Å². The van der Waals surface area contributed by atoms with Crippen LogP contribution in [0.5, 0.6) is 0 Å². The monoisotopic (exact) mass is 430 g/mol. The molecule has 0 unspecified atom stereocenters. The number of amides is 1. The molecule has 27 heavy (non-hydrogen) atoms. The Morgan fingerprint density at radius 2 is 2.11 bits per heavy atom. The molecule has 0 aliphatic carbocycles. The molecule has 2 aromatic rings. The van der Waals surface area contributed by atoms with Gasteiger partial charge in [-0.1, -0.05) is 0 Å². The largest absolute Gasteiger partial charge is 0.379 e. The van der Waals surface area contributed by atoms with E-state index in [1.54, 1.807) is 6.07 Å². The Morgan fingerprint density at radius 3 is 2.85 bits per heavy atom.